The van der Waals surface area contributed by atoms with Crippen molar-refractivity contribution >= 4 is 22.6 Å². The van der Waals surface area contributed by atoms with E-state index >= 15 is 0 Å². The van der Waals surface area contributed by atoms with E-state index in [0.717, 1.165) is 0 Å². The van der Waals surface area contributed by atoms with Gasteiger partial charge in [-0.1, -0.05) is 6.92 Å². The normalized spacial score (nSPS) is 24.7. The number of aliphatic hydroxyl groups is 1. The zero-order valence-corrected chi connectivity index (χ0v) is 14.9. The standard InChI is InChI=1S/C18H20FN3O5/c1-3-18(25)13(22-16(24)14(18)19)8-27-17-10-7-12(26-2)11(15(20)23)6-9(10)4-5-21-17/h4-7,13-14,25H,3,8H2,1-2H3,(H2,20,23)(H,22,24)/t13?,14?,18-/m1/s1. The zero-order chi connectivity index (χ0) is 19.8. The Balaban J connectivity index is 1.92. The van der Waals surface area contributed by atoms with Crippen LogP contribution >= 0.6 is 0 Å². The molecule has 4 N–H and O–H groups in total. The number of hydrogen-bond acceptors (Lipinski definition) is 6. The second-order valence-corrected chi connectivity index (χ2v) is 6.33. The van der Waals surface area contributed by atoms with Crippen LogP contribution in [0.2, 0.25) is 0 Å². The molecule has 9 heteroatoms. The van der Waals surface area contributed by atoms with E-state index < -0.39 is 29.6 Å². The largest absolute Gasteiger partial charge is 0.496 e. The van der Waals surface area contributed by atoms with E-state index in [9.17, 15) is 19.1 Å². The number of hydrogen-bond donors (Lipinski definition) is 3. The van der Waals surface area contributed by atoms with Gasteiger partial charge in [-0.25, -0.2) is 9.37 Å². The highest BCUT2D eigenvalue weighted by atomic mass is 19.1. The Labute approximate surface area is 154 Å². The number of nitrogens with zero attached hydrogens (tertiary/aromatic N) is 1. The molecule has 1 aliphatic rings. The molecule has 1 aromatic heterocycles. The molecule has 144 valence electrons. The van der Waals surface area contributed by atoms with Crippen molar-refractivity contribution in [1.29, 1.82) is 0 Å². The number of halogens is 1. The van der Waals surface area contributed by atoms with Crippen molar-refractivity contribution in [3.63, 3.8) is 0 Å². The quantitative estimate of drug-likeness (QED) is 0.681. The number of aromatic nitrogens is 1. The summed E-state index contributed by atoms with van der Waals surface area (Å²) < 4.78 is 24.9. The summed E-state index contributed by atoms with van der Waals surface area (Å²) in [6.07, 6.45) is -0.499. The van der Waals surface area contributed by atoms with Gasteiger partial charge in [0.15, 0.2) is 0 Å². The van der Waals surface area contributed by atoms with E-state index in [1.54, 1.807) is 25.1 Å². The predicted octanol–water partition coefficient (Wildman–Crippen LogP) is 0.699. The van der Waals surface area contributed by atoms with Gasteiger partial charge in [-0.3, -0.25) is 9.59 Å². The lowest BCUT2D eigenvalue weighted by molar-refractivity contribution is -0.127. The topological polar surface area (TPSA) is 124 Å². The number of nitrogens with one attached hydrogen (secondary N) is 1. The smallest absolute Gasteiger partial charge is 0.258 e. The van der Waals surface area contributed by atoms with E-state index in [-0.39, 0.29) is 30.2 Å². The Bertz CT molecular complexity index is 906. The molecule has 27 heavy (non-hydrogen) atoms. The number of ether oxygens (including phenoxy) is 2. The molecule has 1 aliphatic heterocycles. The molecule has 1 saturated heterocycles. The van der Waals surface area contributed by atoms with Gasteiger partial charge in [-0.05, 0) is 30.0 Å². The van der Waals surface area contributed by atoms with E-state index in [1.165, 1.54) is 13.3 Å². The number of amides is 2. The summed E-state index contributed by atoms with van der Waals surface area (Å²) >= 11 is 0. The molecule has 1 aromatic carbocycles. The molecule has 8 nitrogen and oxygen atoms in total. The van der Waals surface area contributed by atoms with Crippen LogP contribution in [-0.2, 0) is 4.79 Å². The molecule has 0 spiro atoms. The first-order chi connectivity index (χ1) is 12.8. The van der Waals surface area contributed by atoms with Gasteiger partial charge in [0.25, 0.3) is 11.8 Å². The molecular formula is C18H20FN3O5. The lowest BCUT2D eigenvalue weighted by Gasteiger charge is -2.28. The fourth-order valence-electron chi connectivity index (χ4n) is 3.20. The molecule has 2 amide bonds. The Morgan fingerprint density at radius 3 is 2.85 bits per heavy atom. The Kier molecular flexibility index (Phi) is 4.88. The highest BCUT2D eigenvalue weighted by Gasteiger charge is 2.54. The average Bonchev–Trinajstić information content (AvgIpc) is 2.89. The van der Waals surface area contributed by atoms with Crippen LogP contribution in [0, 0.1) is 0 Å². The van der Waals surface area contributed by atoms with Crippen LogP contribution in [-0.4, -0.2) is 53.4 Å². The SMILES string of the molecule is CC[C@@]1(O)C(COc2nccc3cc(C(N)=O)c(OC)cc23)NC(=O)C1F. The maximum atomic E-state index is 14.0. The summed E-state index contributed by atoms with van der Waals surface area (Å²) in [5, 5.41) is 14.0. The number of primary amides is 1. The number of benzene rings is 1. The van der Waals surface area contributed by atoms with E-state index in [1.807, 2.05) is 0 Å². The maximum absolute atomic E-state index is 14.0. The number of pyridine rings is 1. The second-order valence-electron chi connectivity index (χ2n) is 6.33. The number of alkyl halides is 1. The first-order valence-corrected chi connectivity index (χ1v) is 8.38. The van der Waals surface area contributed by atoms with Gasteiger partial charge >= 0.3 is 0 Å². The number of carbonyl (C=O) groups excluding carboxylic acids is 2. The van der Waals surface area contributed by atoms with Crippen LogP contribution in [0.4, 0.5) is 4.39 Å². The number of carbonyl (C=O) groups is 2. The van der Waals surface area contributed by atoms with Crippen molar-refractivity contribution in [3.8, 4) is 11.6 Å². The van der Waals surface area contributed by atoms with Gasteiger partial charge in [0.2, 0.25) is 12.1 Å². The van der Waals surface area contributed by atoms with Gasteiger partial charge in [-0.15, -0.1) is 0 Å². The summed E-state index contributed by atoms with van der Waals surface area (Å²) in [4.78, 5) is 27.3. The van der Waals surface area contributed by atoms with Crippen molar-refractivity contribution < 1.29 is 28.6 Å². The molecule has 2 unspecified atom stereocenters. The van der Waals surface area contributed by atoms with Gasteiger partial charge in [0.05, 0.1) is 18.7 Å². The predicted molar refractivity (Wildman–Crippen MR) is 94.4 cm³/mol. The van der Waals surface area contributed by atoms with Crippen LogP contribution < -0.4 is 20.5 Å². The monoisotopic (exact) mass is 377 g/mol. The Morgan fingerprint density at radius 2 is 2.22 bits per heavy atom. The molecule has 2 heterocycles. The number of nitrogens with two attached hydrogens (primary N) is 1. The molecular weight excluding hydrogens is 357 g/mol. The van der Waals surface area contributed by atoms with E-state index in [2.05, 4.69) is 10.3 Å². The summed E-state index contributed by atoms with van der Waals surface area (Å²) in [6, 6.07) is 3.87. The van der Waals surface area contributed by atoms with Gasteiger partial charge < -0.3 is 25.6 Å². The zero-order valence-electron chi connectivity index (χ0n) is 14.9. The average molecular weight is 377 g/mol. The molecule has 3 rings (SSSR count). The first-order valence-electron chi connectivity index (χ1n) is 8.38. The van der Waals surface area contributed by atoms with Crippen LogP contribution in [0.25, 0.3) is 10.8 Å². The van der Waals surface area contributed by atoms with Crippen LogP contribution in [0.5, 0.6) is 11.6 Å². The molecule has 0 saturated carbocycles. The third-order valence-electron chi connectivity index (χ3n) is 4.86. The Hall–Kier alpha value is -2.94. The highest BCUT2D eigenvalue weighted by molar-refractivity contribution is 6.01. The number of rotatable bonds is 6. The minimum Gasteiger partial charge on any atom is -0.496 e. The van der Waals surface area contributed by atoms with Gasteiger partial charge in [0.1, 0.15) is 18.0 Å². The van der Waals surface area contributed by atoms with Crippen LogP contribution in [0.15, 0.2) is 24.4 Å². The van der Waals surface area contributed by atoms with Crippen LogP contribution in [0.3, 0.4) is 0 Å². The highest BCUT2D eigenvalue weighted by Crippen LogP contribution is 2.32. The van der Waals surface area contributed by atoms with Crippen LogP contribution in [0.1, 0.15) is 23.7 Å². The van der Waals surface area contributed by atoms with E-state index in [0.29, 0.717) is 10.8 Å². The molecule has 2 aromatic rings. The second kappa shape index (κ2) is 6.99. The third-order valence-corrected chi connectivity index (χ3v) is 4.86. The molecule has 1 fully saturated rings. The summed E-state index contributed by atoms with van der Waals surface area (Å²) in [5.74, 6) is -1.05. The fraction of sp³-hybridized carbons (Fsp3) is 0.389. The van der Waals surface area contributed by atoms with Crippen molar-refractivity contribution in [2.24, 2.45) is 5.73 Å². The molecule has 0 bridgehead atoms. The van der Waals surface area contributed by atoms with Crippen molar-refractivity contribution in [3.05, 3.63) is 30.0 Å². The van der Waals surface area contributed by atoms with Crippen molar-refractivity contribution in [1.82, 2.24) is 10.3 Å². The minimum atomic E-state index is -2.02. The minimum absolute atomic E-state index is 0.0414. The van der Waals surface area contributed by atoms with Gasteiger partial charge in [-0.2, -0.15) is 0 Å². The summed E-state index contributed by atoms with van der Waals surface area (Å²) in [5.41, 5.74) is 3.73. The summed E-state index contributed by atoms with van der Waals surface area (Å²) in [6.45, 7) is 1.41. The van der Waals surface area contributed by atoms with Gasteiger partial charge in [0, 0.05) is 11.6 Å². The number of fused-ring (bicyclic) bond motifs is 1. The molecule has 0 aliphatic carbocycles. The lowest BCUT2D eigenvalue weighted by Crippen LogP contribution is -2.49. The van der Waals surface area contributed by atoms with E-state index in [4.69, 9.17) is 15.2 Å². The van der Waals surface area contributed by atoms with Crippen molar-refractivity contribution in [2.75, 3.05) is 13.7 Å². The number of methoxy groups -OCH3 is 1. The fourth-order valence-corrected chi connectivity index (χ4v) is 3.20. The Morgan fingerprint density at radius 1 is 1.48 bits per heavy atom. The lowest BCUT2D eigenvalue weighted by atomic mass is 9.91. The molecule has 3 atom stereocenters. The third kappa shape index (κ3) is 3.14. The first kappa shape index (κ1) is 18.8. The van der Waals surface area contributed by atoms with Crippen molar-refractivity contribution in [2.45, 2.75) is 31.2 Å². The summed E-state index contributed by atoms with van der Waals surface area (Å²) in [7, 11) is 1.40. The molecule has 0 radical (unpaired) electrons. The maximum Gasteiger partial charge on any atom is 0.258 e.